The molecule has 0 aromatic carbocycles. The molecule has 5 heteroatoms. The van der Waals surface area contributed by atoms with Gasteiger partial charge in [0.1, 0.15) is 15.6 Å². The summed E-state index contributed by atoms with van der Waals surface area (Å²) in [4.78, 5) is 11.3. The molecule has 1 fully saturated rings. The van der Waals surface area contributed by atoms with Gasteiger partial charge in [-0.3, -0.25) is 4.79 Å². The predicted octanol–water partition coefficient (Wildman–Crippen LogP) is -0.400. The second-order valence-corrected chi connectivity index (χ2v) is 5.81. The van der Waals surface area contributed by atoms with Crippen LogP contribution in [0.1, 0.15) is 12.8 Å². The maximum absolute atomic E-state index is 11.3. The normalized spacial score (nSPS) is 18.2. The molecule has 0 amide bonds. The third-order valence-corrected chi connectivity index (χ3v) is 3.21. The van der Waals surface area contributed by atoms with Crippen LogP contribution in [0.3, 0.4) is 0 Å². The quantitative estimate of drug-likeness (QED) is 0.663. The zero-order chi connectivity index (χ0) is 9.90. The Hall–Kier alpha value is -0.420. The fourth-order valence-corrected chi connectivity index (χ4v) is 1.90. The van der Waals surface area contributed by atoms with Crippen molar-refractivity contribution in [3.63, 3.8) is 0 Å². The van der Waals surface area contributed by atoms with Gasteiger partial charge in [0, 0.05) is 31.7 Å². The van der Waals surface area contributed by atoms with Crippen molar-refractivity contribution in [3.05, 3.63) is 0 Å². The summed E-state index contributed by atoms with van der Waals surface area (Å²) < 4.78 is 21.5. The summed E-state index contributed by atoms with van der Waals surface area (Å²) >= 11 is 0. The van der Waals surface area contributed by atoms with Gasteiger partial charge < -0.3 is 5.32 Å². The Morgan fingerprint density at radius 3 is 2.46 bits per heavy atom. The van der Waals surface area contributed by atoms with Gasteiger partial charge in [-0.05, 0) is 6.42 Å². The molecule has 0 aromatic heterocycles. The molecule has 0 unspecified atom stereocenters. The Kier molecular flexibility index (Phi) is 3.44. The van der Waals surface area contributed by atoms with Crippen molar-refractivity contribution >= 4 is 15.6 Å². The van der Waals surface area contributed by atoms with E-state index in [-0.39, 0.29) is 17.5 Å². The summed E-state index contributed by atoms with van der Waals surface area (Å²) in [6.45, 7) is 1.52. The van der Waals surface area contributed by atoms with E-state index in [2.05, 4.69) is 5.32 Å². The highest BCUT2D eigenvalue weighted by Gasteiger charge is 2.24. The Morgan fingerprint density at radius 2 is 2.08 bits per heavy atom. The fraction of sp³-hybridized carbons (Fsp3) is 0.875. The third-order valence-electron chi connectivity index (χ3n) is 2.18. The van der Waals surface area contributed by atoms with Crippen LogP contribution >= 0.6 is 0 Å². The first kappa shape index (κ1) is 10.7. The van der Waals surface area contributed by atoms with Gasteiger partial charge in [-0.2, -0.15) is 0 Å². The van der Waals surface area contributed by atoms with Gasteiger partial charge >= 0.3 is 0 Å². The van der Waals surface area contributed by atoms with Crippen LogP contribution < -0.4 is 5.32 Å². The molecule has 1 aliphatic heterocycles. The number of hydrogen-bond donors (Lipinski definition) is 1. The van der Waals surface area contributed by atoms with Crippen molar-refractivity contribution in [2.45, 2.75) is 12.8 Å². The molecule has 1 aliphatic rings. The number of ketones is 1. The largest absolute Gasteiger partial charge is 0.315 e. The van der Waals surface area contributed by atoms with E-state index in [0.29, 0.717) is 12.8 Å². The Morgan fingerprint density at radius 1 is 1.46 bits per heavy atom. The van der Waals surface area contributed by atoms with Crippen LogP contribution in [-0.2, 0) is 14.6 Å². The number of Topliss-reactive ketones (excluding diaryl/α,β-unsaturated/α-hetero) is 1. The smallest absolute Gasteiger partial charge is 0.147 e. The van der Waals surface area contributed by atoms with Gasteiger partial charge in [0.25, 0.3) is 0 Å². The molecule has 0 aromatic rings. The standard InChI is InChI=1S/C8H15NO3S/c1-13(11,12)4-2-3-8(10)7-5-9-6-7/h7,9H,2-6H2,1H3. The van der Waals surface area contributed by atoms with Crippen molar-refractivity contribution in [2.24, 2.45) is 5.92 Å². The topological polar surface area (TPSA) is 63.2 Å². The van der Waals surface area contributed by atoms with Crippen molar-refractivity contribution in [3.8, 4) is 0 Å². The number of carbonyl (C=O) groups is 1. The Labute approximate surface area is 78.6 Å². The number of hydrogen-bond acceptors (Lipinski definition) is 4. The second-order valence-electron chi connectivity index (χ2n) is 3.55. The van der Waals surface area contributed by atoms with E-state index in [1.54, 1.807) is 0 Å². The zero-order valence-electron chi connectivity index (χ0n) is 7.75. The van der Waals surface area contributed by atoms with E-state index < -0.39 is 9.84 Å². The molecular weight excluding hydrogens is 190 g/mol. The highest BCUT2D eigenvalue weighted by atomic mass is 32.2. The van der Waals surface area contributed by atoms with Crippen LogP contribution in [0.2, 0.25) is 0 Å². The lowest BCUT2D eigenvalue weighted by molar-refractivity contribution is -0.124. The van der Waals surface area contributed by atoms with Gasteiger partial charge in [-0.15, -0.1) is 0 Å². The van der Waals surface area contributed by atoms with E-state index in [1.807, 2.05) is 0 Å². The first-order valence-electron chi connectivity index (χ1n) is 4.40. The van der Waals surface area contributed by atoms with Crippen LogP contribution in [0, 0.1) is 5.92 Å². The van der Waals surface area contributed by atoms with Crippen LogP contribution in [0.5, 0.6) is 0 Å². The Balaban J connectivity index is 2.15. The second kappa shape index (κ2) is 4.19. The van der Waals surface area contributed by atoms with E-state index in [0.717, 1.165) is 13.1 Å². The molecular formula is C8H15NO3S. The van der Waals surface area contributed by atoms with E-state index in [4.69, 9.17) is 0 Å². The lowest BCUT2D eigenvalue weighted by atomic mass is 9.95. The lowest BCUT2D eigenvalue weighted by Crippen LogP contribution is -2.46. The molecule has 0 saturated carbocycles. The summed E-state index contributed by atoms with van der Waals surface area (Å²) in [7, 11) is -2.90. The molecule has 1 saturated heterocycles. The van der Waals surface area contributed by atoms with E-state index in [9.17, 15) is 13.2 Å². The van der Waals surface area contributed by atoms with Crippen molar-refractivity contribution in [1.29, 1.82) is 0 Å². The minimum Gasteiger partial charge on any atom is -0.315 e. The summed E-state index contributed by atoms with van der Waals surface area (Å²) in [6.07, 6.45) is 2.07. The molecule has 0 radical (unpaired) electrons. The first-order chi connectivity index (χ1) is 5.99. The van der Waals surface area contributed by atoms with Crippen LogP contribution in [0.25, 0.3) is 0 Å². The molecule has 0 atom stereocenters. The van der Waals surface area contributed by atoms with Gasteiger partial charge in [-0.25, -0.2) is 8.42 Å². The maximum atomic E-state index is 11.3. The molecule has 0 bridgehead atoms. The maximum Gasteiger partial charge on any atom is 0.147 e. The van der Waals surface area contributed by atoms with Crippen molar-refractivity contribution < 1.29 is 13.2 Å². The number of rotatable bonds is 5. The molecule has 13 heavy (non-hydrogen) atoms. The third kappa shape index (κ3) is 3.87. The number of sulfone groups is 1. The fourth-order valence-electron chi connectivity index (χ4n) is 1.23. The van der Waals surface area contributed by atoms with Gasteiger partial charge in [0.2, 0.25) is 0 Å². The minimum absolute atomic E-state index is 0.124. The number of carbonyl (C=O) groups excluding carboxylic acids is 1. The highest BCUT2D eigenvalue weighted by molar-refractivity contribution is 7.90. The van der Waals surface area contributed by atoms with Crippen LogP contribution in [0.15, 0.2) is 0 Å². The zero-order valence-corrected chi connectivity index (χ0v) is 8.56. The van der Waals surface area contributed by atoms with Gasteiger partial charge in [0.15, 0.2) is 0 Å². The molecule has 76 valence electrons. The molecule has 4 nitrogen and oxygen atoms in total. The number of nitrogens with one attached hydrogen (secondary N) is 1. The lowest BCUT2D eigenvalue weighted by Gasteiger charge is -2.25. The average Bonchev–Trinajstić information content (AvgIpc) is 1.79. The average molecular weight is 205 g/mol. The monoisotopic (exact) mass is 205 g/mol. The van der Waals surface area contributed by atoms with E-state index >= 15 is 0 Å². The molecule has 0 spiro atoms. The molecule has 1 N–H and O–H groups in total. The first-order valence-corrected chi connectivity index (χ1v) is 6.46. The SMILES string of the molecule is CS(=O)(=O)CCCC(=O)C1CNC1. The predicted molar refractivity (Wildman–Crippen MR) is 50.3 cm³/mol. The Bertz CT molecular complexity index is 280. The van der Waals surface area contributed by atoms with Gasteiger partial charge in [-0.1, -0.05) is 0 Å². The minimum atomic E-state index is -2.90. The summed E-state index contributed by atoms with van der Waals surface area (Å²) in [5.74, 6) is 0.459. The van der Waals surface area contributed by atoms with Crippen molar-refractivity contribution in [1.82, 2.24) is 5.32 Å². The highest BCUT2D eigenvalue weighted by Crippen LogP contribution is 2.08. The van der Waals surface area contributed by atoms with Gasteiger partial charge in [0.05, 0.1) is 5.75 Å². The van der Waals surface area contributed by atoms with Crippen molar-refractivity contribution in [2.75, 3.05) is 25.1 Å². The van der Waals surface area contributed by atoms with Crippen LogP contribution in [0.4, 0.5) is 0 Å². The van der Waals surface area contributed by atoms with Crippen LogP contribution in [-0.4, -0.2) is 39.3 Å². The summed E-state index contributed by atoms with van der Waals surface area (Å²) in [5.41, 5.74) is 0. The molecule has 0 aliphatic carbocycles. The summed E-state index contributed by atoms with van der Waals surface area (Å²) in [5, 5.41) is 3.01. The summed E-state index contributed by atoms with van der Waals surface area (Å²) in [6, 6.07) is 0. The molecule has 1 rings (SSSR count). The molecule has 1 heterocycles. The van der Waals surface area contributed by atoms with E-state index in [1.165, 1.54) is 6.26 Å².